The summed E-state index contributed by atoms with van der Waals surface area (Å²) in [6, 6.07) is 10.6. The average molecular weight is 483 g/mol. The van der Waals surface area contributed by atoms with Crippen LogP contribution in [0.5, 0.6) is 0 Å². The Labute approximate surface area is 207 Å². The van der Waals surface area contributed by atoms with Crippen molar-refractivity contribution in [2.24, 2.45) is 0 Å². The van der Waals surface area contributed by atoms with Crippen molar-refractivity contribution in [1.29, 1.82) is 0 Å². The van der Waals surface area contributed by atoms with E-state index in [1.54, 1.807) is 13.3 Å². The van der Waals surface area contributed by atoms with E-state index in [-0.39, 0.29) is 35.9 Å². The summed E-state index contributed by atoms with van der Waals surface area (Å²) in [5.74, 6) is 0.872. The van der Waals surface area contributed by atoms with Crippen LogP contribution in [0, 0.1) is 0 Å². The number of anilines is 1. The zero-order valence-corrected chi connectivity index (χ0v) is 21.2. The Hall–Kier alpha value is -2.42. The third kappa shape index (κ3) is 4.71. The van der Waals surface area contributed by atoms with Gasteiger partial charge in [-0.15, -0.1) is 0 Å². The van der Waals surface area contributed by atoms with E-state index in [9.17, 15) is 4.79 Å². The van der Waals surface area contributed by atoms with Gasteiger partial charge in [0.05, 0.1) is 37.1 Å². The lowest BCUT2D eigenvalue weighted by Crippen LogP contribution is -2.46. The van der Waals surface area contributed by atoms with Gasteiger partial charge in [-0.25, -0.2) is 4.68 Å². The van der Waals surface area contributed by atoms with Gasteiger partial charge >= 0.3 is 0 Å². The zero-order chi connectivity index (χ0) is 24.5. The zero-order valence-electron chi connectivity index (χ0n) is 21.2. The maximum absolute atomic E-state index is 14.1. The number of likely N-dealkylation sites (tertiary alicyclic amines) is 1. The molecule has 1 saturated carbocycles. The minimum absolute atomic E-state index is 0.0209. The summed E-state index contributed by atoms with van der Waals surface area (Å²) in [5, 5.41) is 8.34. The van der Waals surface area contributed by atoms with Crippen LogP contribution in [0.25, 0.3) is 0 Å². The minimum atomic E-state index is -0.207. The molecule has 1 N–H and O–H groups in total. The molecule has 1 spiro atoms. The number of rotatable bonds is 8. The average Bonchev–Trinajstić information content (AvgIpc) is 3.58. The Balaban J connectivity index is 1.37. The summed E-state index contributed by atoms with van der Waals surface area (Å²) in [5.41, 5.74) is 1.54. The highest BCUT2D eigenvalue weighted by atomic mass is 16.7. The van der Waals surface area contributed by atoms with Crippen LogP contribution >= 0.6 is 0 Å². The molecule has 3 heterocycles. The summed E-state index contributed by atoms with van der Waals surface area (Å²) >= 11 is 0. The molecule has 2 aliphatic heterocycles. The number of methoxy groups -OCH3 is 1. The predicted molar refractivity (Wildman–Crippen MR) is 133 cm³/mol. The number of benzene rings is 1. The number of amides is 1. The van der Waals surface area contributed by atoms with Gasteiger partial charge in [-0.2, -0.15) is 5.10 Å². The molecule has 3 aliphatic rings. The van der Waals surface area contributed by atoms with E-state index in [2.05, 4.69) is 53.4 Å². The monoisotopic (exact) mass is 482 g/mol. The topological polar surface area (TPSA) is 77.8 Å². The van der Waals surface area contributed by atoms with E-state index >= 15 is 0 Å². The summed E-state index contributed by atoms with van der Waals surface area (Å²) in [6.07, 6.45) is 7.84. The molecule has 8 heteroatoms. The summed E-state index contributed by atoms with van der Waals surface area (Å²) in [4.78, 5) is 16.2. The molecule has 2 unspecified atom stereocenters. The number of aromatic nitrogens is 2. The lowest BCUT2D eigenvalue weighted by molar-refractivity contribution is -0.0938. The smallest absolute Gasteiger partial charge is 0.259 e. The number of carbonyl (C=O) groups is 1. The highest BCUT2D eigenvalue weighted by Gasteiger charge is 2.51. The first kappa shape index (κ1) is 24.3. The molecule has 0 bridgehead atoms. The van der Waals surface area contributed by atoms with Gasteiger partial charge < -0.3 is 24.4 Å². The normalized spacial score (nSPS) is 24.5. The second kappa shape index (κ2) is 9.91. The highest BCUT2D eigenvalue weighted by Crippen LogP contribution is 2.46. The fraction of sp³-hybridized carbons (Fsp3) is 0.630. The van der Waals surface area contributed by atoms with Crippen LogP contribution in [0.15, 0.2) is 36.5 Å². The van der Waals surface area contributed by atoms with Crippen molar-refractivity contribution in [3.63, 3.8) is 0 Å². The first-order chi connectivity index (χ1) is 16.9. The maximum atomic E-state index is 14.1. The largest absolute Gasteiger partial charge is 0.382 e. The third-order valence-electron chi connectivity index (χ3n) is 7.95. The Bertz CT molecular complexity index is 1020. The van der Waals surface area contributed by atoms with Crippen LogP contribution in [-0.2, 0) is 19.7 Å². The number of hydrogen-bond acceptors (Lipinski definition) is 6. The molecule has 8 nitrogen and oxygen atoms in total. The molecule has 190 valence electrons. The lowest BCUT2D eigenvalue weighted by atomic mass is 9.89. The second-order valence-corrected chi connectivity index (χ2v) is 10.8. The van der Waals surface area contributed by atoms with Gasteiger partial charge in [0, 0.05) is 19.2 Å². The van der Waals surface area contributed by atoms with Crippen molar-refractivity contribution < 1.29 is 19.0 Å². The molecule has 5 rings (SSSR count). The van der Waals surface area contributed by atoms with Crippen molar-refractivity contribution in [1.82, 2.24) is 14.7 Å². The van der Waals surface area contributed by atoms with E-state index in [4.69, 9.17) is 14.2 Å². The minimum Gasteiger partial charge on any atom is -0.382 e. The summed E-state index contributed by atoms with van der Waals surface area (Å²) in [7, 11) is 1.65. The lowest BCUT2D eigenvalue weighted by Gasteiger charge is -2.39. The van der Waals surface area contributed by atoms with Crippen molar-refractivity contribution >= 4 is 11.7 Å². The van der Waals surface area contributed by atoms with Crippen molar-refractivity contribution in [2.45, 2.75) is 75.6 Å². The Morgan fingerprint density at radius 2 is 1.91 bits per heavy atom. The van der Waals surface area contributed by atoms with Gasteiger partial charge in [0.25, 0.3) is 5.91 Å². The molecule has 2 fully saturated rings. The maximum Gasteiger partial charge on any atom is 0.259 e. The van der Waals surface area contributed by atoms with Gasteiger partial charge in [-0.1, -0.05) is 43.2 Å². The fourth-order valence-electron chi connectivity index (χ4n) is 6.20. The van der Waals surface area contributed by atoms with Crippen LogP contribution in [0.1, 0.15) is 74.3 Å². The molecule has 1 saturated heterocycles. The van der Waals surface area contributed by atoms with Crippen LogP contribution in [-0.4, -0.2) is 65.9 Å². The third-order valence-corrected chi connectivity index (χ3v) is 7.95. The van der Waals surface area contributed by atoms with Gasteiger partial charge in [-0.05, 0) is 45.1 Å². The van der Waals surface area contributed by atoms with Gasteiger partial charge in [0.1, 0.15) is 18.2 Å². The van der Waals surface area contributed by atoms with Crippen LogP contribution in [0.2, 0.25) is 0 Å². The Morgan fingerprint density at radius 1 is 1.14 bits per heavy atom. The molecule has 2 atom stereocenters. The van der Waals surface area contributed by atoms with Gasteiger partial charge in [0.2, 0.25) is 0 Å². The molecular weight excluding hydrogens is 444 g/mol. The molecule has 2 aromatic rings. The molecule has 35 heavy (non-hydrogen) atoms. The second-order valence-electron chi connectivity index (χ2n) is 10.8. The Morgan fingerprint density at radius 3 is 2.66 bits per heavy atom. The SMILES string of the molecule is COCCOCOC1CN(C(=O)c2cnn3c2NC(c2ccccc2)CC3(C)C)C2(CCCC2)C1. The summed E-state index contributed by atoms with van der Waals surface area (Å²) < 4.78 is 18.6. The number of carbonyl (C=O) groups excluding carboxylic acids is 1. The van der Waals surface area contributed by atoms with Gasteiger partial charge in [0.15, 0.2) is 0 Å². The molecule has 1 aromatic carbocycles. The van der Waals surface area contributed by atoms with Crippen LogP contribution in [0.3, 0.4) is 0 Å². The number of nitrogens with zero attached hydrogens (tertiary/aromatic N) is 3. The standard InChI is InChI=1S/C27H38N4O4/c1-26(2)16-23(20-9-5-4-6-10-20)29-24-22(17-28-31(24)26)25(32)30-18-21(35-19-34-14-13-33-3)15-27(30)11-7-8-12-27/h4-6,9-10,17,21,23,29H,7-8,11-16,18-19H2,1-3H3. The first-order valence-corrected chi connectivity index (χ1v) is 12.8. The molecule has 1 aliphatic carbocycles. The first-order valence-electron chi connectivity index (χ1n) is 12.8. The Kier molecular flexibility index (Phi) is 6.88. The number of fused-ring (bicyclic) bond motifs is 1. The van der Waals surface area contributed by atoms with Gasteiger partial charge in [-0.3, -0.25) is 4.79 Å². The van der Waals surface area contributed by atoms with Crippen LogP contribution < -0.4 is 5.32 Å². The van der Waals surface area contributed by atoms with Crippen molar-refractivity contribution in [2.75, 3.05) is 39.0 Å². The van der Waals surface area contributed by atoms with Crippen molar-refractivity contribution in [3.05, 3.63) is 47.7 Å². The molecule has 1 aromatic heterocycles. The number of ether oxygens (including phenoxy) is 3. The molecule has 0 radical (unpaired) electrons. The quantitative estimate of drug-likeness (QED) is 0.446. The molecule has 1 amide bonds. The summed E-state index contributed by atoms with van der Waals surface area (Å²) in [6.45, 7) is 6.24. The number of hydrogen-bond donors (Lipinski definition) is 1. The van der Waals surface area contributed by atoms with E-state index in [0.717, 1.165) is 44.3 Å². The fourth-order valence-corrected chi connectivity index (χ4v) is 6.20. The van der Waals surface area contributed by atoms with E-state index in [1.807, 2.05) is 10.7 Å². The number of nitrogens with one attached hydrogen (secondary N) is 1. The molecular formula is C27H38N4O4. The van der Waals surface area contributed by atoms with E-state index < -0.39 is 0 Å². The predicted octanol–water partition coefficient (Wildman–Crippen LogP) is 4.34. The van der Waals surface area contributed by atoms with Crippen molar-refractivity contribution in [3.8, 4) is 0 Å². The van der Waals surface area contributed by atoms with E-state index in [0.29, 0.717) is 25.3 Å². The van der Waals surface area contributed by atoms with E-state index in [1.165, 1.54) is 5.56 Å². The highest BCUT2D eigenvalue weighted by molar-refractivity contribution is 5.99. The van der Waals surface area contributed by atoms with Crippen LogP contribution in [0.4, 0.5) is 5.82 Å².